The van der Waals surface area contributed by atoms with Crippen LogP contribution in [0.2, 0.25) is 0 Å². The van der Waals surface area contributed by atoms with E-state index in [0.29, 0.717) is 29.0 Å². The Hall–Kier alpha value is -2.96. The van der Waals surface area contributed by atoms with Gasteiger partial charge < -0.3 is 23.2 Å². The molecule has 114 valence electrons. The number of ether oxygens (including phenoxy) is 3. The van der Waals surface area contributed by atoms with E-state index in [1.54, 1.807) is 44.7 Å². The number of methoxy groups -OCH3 is 2. The summed E-state index contributed by atoms with van der Waals surface area (Å²) < 4.78 is 26.1. The lowest BCUT2D eigenvalue weighted by molar-refractivity contribution is 0.283. The highest BCUT2D eigenvalue weighted by molar-refractivity contribution is 5.49. The van der Waals surface area contributed by atoms with Crippen LogP contribution in [0.25, 0.3) is 11.5 Å². The van der Waals surface area contributed by atoms with Crippen molar-refractivity contribution in [2.24, 2.45) is 0 Å². The molecule has 2 heterocycles. The van der Waals surface area contributed by atoms with Gasteiger partial charge in [-0.3, -0.25) is 0 Å². The molecule has 3 rings (SSSR count). The second-order valence-corrected chi connectivity index (χ2v) is 4.33. The van der Waals surface area contributed by atoms with Crippen molar-refractivity contribution < 1.29 is 23.2 Å². The zero-order valence-electron chi connectivity index (χ0n) is 12.1. The molecular weight excluding hydrogens is 288 g/mol. The fourth-order valence-electron chi connectivity index (χ4n) is 1.87. The van der Waals surface area contributed by atoms with Crippen LogP contribution < -0.4 is 14.2 Å². The number of hydrogen-bond donors (Lipinski definition) is 0. The number of nitrogens with zero attached hydrogens (tertiary/aromatic N) is 2. The first kappa shape index (κ1) is 14.0. The number of furan rings is 1. The minimum absolute atomic E-state index is 0.177. The van der Waals surface area contributed by atoms with Gasteiger partial charge in [-0.1, -0.05) is 5.16 Å². The van der Waals surface area contributed by atoms with Gasteiger partial charge in [-0.2, -0.15) is 4.98 Å². The first-order valence-electron chi connectivity index (χ1n) is 6.50. The second kappa shape index (κ2) is 6.21. The van der Waals surface area contributed by atoms with Crippen molar-refractivity contribution in [1.82, 2.24) is 10.1 Å². The summed E-state index contributed by atoms with van der Waals surface area (Å²) in [7, 11) is 3.15. The lowest BCUT2D eigenvalue weighted by Gasteiger charge is -2.09. The third-order valence-corrected chi connectivity index (χ3v) is 2.96. The predicted octanol–water partition coefficient (Wildman–Crippen LogP) is 2.93. The van der Waals surface area contributed by atoms with Gasteiger partial charge in [0.15, 0.2) is 18.1 Å². The number of rotatable bonds is 6. The normalized spacial score (nSPS) is 10.5. The van der Waals surface area contributed by atoms with Crippen molar-refractivity contribution in [1.29, 1.82) is 0 Å². The van der Waals surface area contributed by atoms with E-state index < -0.39 is 0 Å². The first-order chi connectivity index (χ1) is 10.8. The van der Waals surface area contributed by atoms with E-state index in [4.69, 9.17) is 23.2 Å². The van der Waals surface area contributed by atoms with Crippen LogP contribution in [0.15, 0.2) is 45.7 Å². The highest BCUT2D eigenvalue weighted by atomic mass is 16.5. The average molecular weight is 302 g/mol. The molecule has 22 heavy (non-hydrogen) atoms. The Morgan fingerprint density at radius 3 is 2.68 bits per heavy atom. The SMILES string of the molecule is COc1ccc(OCc2noc(-c3ccoc3)n2)cc1OC. The topological polar surface area (TPSA) is 79.8 Å². The largest absolute Gasteiger partial charge is 0.493 e. The molecule has 0 N–H and O–H groups in total. The van der Waals surface area contributed by atoms with Crippen LogP contribution in [0.4, 0.5) is 0 Å². The van der Waals surface area contributed by atoms with Crippen LogP contribution in [-0.4, -0.2) is 24.4 Å². The molecule has 0 saturated carbocycles. The summed E-state index contributed by atoms with van der Waals surface area (Å²) >= 11 is 0. The molecule has 0 aliphatic heterocycles. The molecular formula is C15H14N2O5. The van der Waals surface area contributed by atoms with Gasteiger partial charge in [-0.25, -0.2) is 0 Å². The van der Waals surface area contributed by atoms with E-state index in [1.807, 2.05) is 0 Å². The minimum atomic E-state index is 0.177. The van der Waals surface area contributed by atoms with Gasteiger partial charge in [0.05, 0.1) is 26.0 Å². The summed E-state index contributed by atoms with van der Waals surface area (Å²) in [5, 5.41) is 3.85. The molecule has 0 atom stereocenters. The molecule has 1 aromatic carbocycles. The molecule has 2 aromatic heterocycles. The zero-order chi connectivity index (χ0) is 15.4. The summed E-state index contributed by atoms with van der Waals surface area (Å²) in [6, 6.07) is 7.02. The van der Waals surface area contributed by atoms with E-state index in [9.17, 15) is 0 Å². The van der Waals surface area contributed by atoms with E-state index in [1.165, 1.54) is 6.26 Å². The Kier molecular flexibility index (Phi) is 3.95. The molecule has 0 saturated heterocycles. The molecule has 7 heteroatoms. The molecule has 0 amide bonds. The van der Waals surface area contributed by atoms with Gasteiger partial charge in [0.25, 0.3) is 5.89 Å². The highest BCUT2D eigenvalue weighted by Gasteiger charge is 2.11. The smallest absolute Gasteiger partial charge is 0.261 e. The fourth-order valence-corrected chi connectivity index (χ4v) is 1.87. The van der Waals surface area contributed by atoms with Gasteiger partial charge in [-0.05, 0) is 18.2 Å². The average Bonchev–Trinajstić information content (AvgIpc) is 3.23. The summed E-state index contributed by atoms with van der Waals surface area (Å²) in [4.78, 5) is 4.23. The molecule has 0 bridgehead atoms. The van der Waals surface area contributed by atoms with Crippen molar-refractivity contribution in [2.45, 2.75) is 6.61 Å². The lowest BCUT2D eigenvalue weighted by atomic mass is 10.3. The molecule has 0 radical (unpaired) electrons. The second-order valence-electron chi connectivity index (χ2n) is 4.33. The molecule has 0 unspecified atom stereocenters. The minimum Gasteiger partial charge on any atom is -0.493 e. The van der Waals surface area contributed by atoms with Gasteiger partial charge >= 0.3 is 0 Å². The molecule has 7 nitrogen and oxygen atoms in total. The molecule has 0 aliphatic carbocycles. The molecule has 0 spiro atoms. The van der Waals surface area contributed by atoms with Crippen LogP contribution >= 0.6 is 0 Å². The van der Waals surface area contributed by atoms with Crippen molar-refractivity contribution in [3.8, 4) is 28.7 Å². The third kappa shape index (κ3) is 2.88. The zero-order valence-corrected chi connectivity index (χ0v) is 12.1. The summed E-state index contributed by atoms with van der Waals surface area (Å²) in [6.45, 7) is 0.177. The summed E-state index contributed by atoms with van der Waals surface area (Å²) in [5.74, 6) is 2.67. The van der Waals surface area contributed by atoms with E-state index in [2.05, 4.69) is 10.1 Å². The Morgan fingerprint density at radius 2 is 1.95 bits per heavy atom. The van der Waals surface area contributed by atoms with Crippen molar-refractivity contribution >= 4 is 0 Å². The van der Waals surface area contributed by atoms with Gasteiger partial charge in [-0.15, -0.1) is 0 Å². The quantitative estimate of drug-likeness (QED) is 0.692. The van der Waals surface area contributed by atoms with E-state index in [-0.39, 0.29) is 6.61 Å². The predicted molar refractivity (Wildman–Crippen MR) is 75.9 cm³/mol. The molecule has 0 aliphatic rings. The van der Waals surface area contributed by atoms with Crippen LogP contribution in [0, 0.1) is 0 Å². The highest BCUT2D eigenvalue weighted by Crippen LogP contribution is 2.31. The van der Waals surface area contributed by atoms with Gasteiger partial charge in [0.1, 0.15) is 12.0 Å². The first-order valence-corrected chi connectivity index (χ1v) is 6.50. The number of hydrogen-bond acceptors (Lipinski definition) is 7. The van der Waals surface area contributed by atoms with Crippen LogP contribution in [0.3, 0.4) is 0 Å². The standard InChI is InChI=1S/C15H14N2O5/c1-18-12-4-3-11(7-13(12)19-2)21-9-14-16-15(22-17-14)10-5-6-20-8-10/h3-8H,9H2,1-2H3. The van der Waals surface area contributed by atoms with Crippen LogP contribution in [0.1, 0.15) is 5.82 Å². The fraction of sp³-hybridized carbons (Fsp3) is 0.200. The van der Waals surface area contributed by atoms with E-state index in [0.717, 1.165) is 5.56 Å². The van der Waals surface area contributed by atoms with E-state index >= 15 is 0 Å². The lowest BCUT2D eigenvalue weighted by Crippen LogP contribution is -1.98. The Bertz CT molecular complexity index is 736. The van der Waals surface area contributed by atoms with Crippen LogP contribution in [-0.2, 0) is 6.61 Å². The van der Waals surface area contributed by atoms with Crippen molar-refractivity contribution in [2.75, 3.05) is 14.2 Å². The Morgan fingerprint density at radius 1 is 1.09 bits per heavy atom. The van der Waals surface area contributed by atoms with Gasteiger partial charge in [0.2, 0.25) is 5.82 Å². The number of aromatic nitrogens is 2. The third-order valence-electron chi connectivity index (χ3n) is 2.96. The maximum Gasteiger partial charge on any atom is 0.261 e. The maximum atomic E-state index is 5.62. The van der Waals surface area contributed by atoms with Gasteiger partial charge in [0, 0.05) is 6.07 Å². The summed E-state index contributed by atoms with van der Waals surface area (Å²) in [5.41, 5.74) is 0.727. The Labute approximate surface area is 126 Å². The number of benzene rings is 1. The summed E-state index contributed by atoms with van der Waals surface area (Å²) in [6.07, 6.45) is 3.08. The van der Waals surface area contributed by atoms with Crippen molar-refractivity contribution in [3.05, 3.63) is 42.6 Å². The van der Waals surface area contributed by atoms with Crippen molar-refractivity contribution in [3.63, 3.8) is 0 Å². The molecule has 0 fully saturated rings. The Balaban J connectivity index is 1.68. The molecule has 3 aromatic rings. The monoisotopic (exact) mass is 302 g/mol. The maximum absolute atomic E-state index is 5.62. The van der Waals surface area contributed by atoms with Crippen LogP contribution in [0.5, 0.6) is 17.2 Å².